The zero-order valence-electron chi connectivity index (χ0n) is 17.2. The quantitative estimate of drug-likeness (QED) is 0.697. The number of aryl methyl sites for hydroxylation is 2. The topological polar surface area (TPSA) is 81.7 Å². The molecular formula is C21H31NO5. The number of ketones is 1. The molecule has 0 radical (unpaired) electrons. The Balaban J connectivity index is 2.81. The molecule has 1 aromatic carbocycles. The monoisotopic (exact) mass is 377 g/mol. The fourth-order valence-electron chi connectivity index (χ4n) is 2.74. The SMILES string of the molecule is CCOC(=O)CC(CC(=O)CNC(=O)OC(C)(C)C)c1cc(C)ccc1C. The fraction of sp³-hybridized carbons (Fsp3) is 0.571. The van der Waals surface area contributed by atoms with E-state index < -0.39 is 11.7 Å². The van der Waals surface area contributed by atoms with Crippen molar-refractivity contribution in [3.8, 4) is 0 Å². The van der Waals surface area contributed by atoms with Gasteiger partial charge in [0.15, 0.2) is 5.78 Å². The molecule has 150 valence electrons. The van der Waals surface area contributed by atoms with Gasteiger partial charge in [0.1, 0.15) is 5.60 Å². The van der Waals surface area contributed by atoms with Gasteiger partial charge in [-0.1, -0.05) is 23.8 Å². The zero-order valence-corrected chi connectivity index (χ0v) is 17.2. The first-order chi connectivity index (χ1) is 12.5. The average molecular weight is 377 g/mol. The molecule has 0 saturated heterocycles. The first-order valence-corrected chi connectivity index (χ1v) is 9.23. The van der Waals surface area contributed by atoms with Crippen LogP contribution in [-0.2, 0) is 19.1 Å². The standard InChI is InChI=1S/C21H31NO5/c1-7-26-19(24)12-16(18-10-14(2)8-9-15(18)3)11-17(23)13-22-20(25)27-21(4,5)6/h8-10,16H,7,11-13H2,1-6H3,(H,22,25). The molecular weight excluding hydrogens is 346 g/mol. The molecule has 1 amide bonds. The number of nitrogens with one attached hydrogen (secondary N) is 1. The van der Waals surface area contributed by atoms with Crippen LogP contribution in [0, 0.1) is 13.8 Å². The summed E-state index contributed by atoms with van der Waals surface area (Å²) >= 11 is 0. The molecule has 1 N–H and O–H groups in total. The molecule has 0 aliphatic carbocycles. The van der Waals surface area contributed by atoms with Gasteiger partial charge >= 0.3 is 12.1 Å². The van der Waals surface area contributed by atoms with Crippen molar-refractivity contribution < 1.29 is 23.9 Å². The Morgan fingerprint density at radius 3 is 2.37 bits per heavy atom. The zero-order chi connectivity index (χ0) is 20.6. The molecule has 6 nitrogen and oxygen atoms in total. The van der Waals surface area contributed by atoms with Crippen LogP contribution in [0.2, 0.25) is 0 Å². The van der Waals surface area contributed by atoms with Crippen molar-refractivity contribution in [1.82, 2.24) is 5.32 Å². The summed E-state index contributed by atoms with van der Waals surface area (Å²) in [6.07, 6.45) is -0.376. The second kappa shape index (κ2) is 10.1. The van der Waals surface area contributed by atoms with E-state index in [2.05, 4.69) is 5.32 Å². The lowest BCUT2D eigenvalue weighted by Gasteiger charge is -2.21. The third kappa shape index (κ3) is 8.71. The Morgan fingerprint density at radius 2 is 1.78 bits per heavy atom. The maximum Gasteiger partial charge on any atom is 0.408 e. The summed E-state index contributed by atoms with van der Waals surface area (Å²) < 4.78 is 10.2. The molecule has 1 unspecified atom stereocenters. The van der Waals surface area contributed by atoms with E-state index in [9.17, 15) is 14.4 Å². The van der Waals surface area contributed by atoms with Gasteiger partial charge in [0.2, 0.25) is 0 Å². The minimum atomic E-state index is -0.635. The molecule has 0 aromatic heterocycles. The first-order valence-electron chi connectivity index (χ1n) is 9.23. The molecule has 0 fully saturated rings. The number of esters is 1. The lowest BCUT2D eigenvalue weighted by atomic mass is 9.87. The van der Waals surface area contributed by atoms with Gasteiger partial charge in [-0.25, -0.2) is 4.79 Å². The number of hydrogen-bond donors (Lipinski definition) is 1. The molecule has 0 spiro atoms. The molecule has 0 saturated carbocycles. The Hall–Kier alpha value is -2.37. The molecule has 1 atom stereocenters. The summed E-state index contributed by atoms with van der Waals surface area (Å²) in [4.78, 5) is 36.1. The molecule has 0 aliphatic heterocycles. The van der Waals surface area contributed by atoms with Crippen LogP contribution in [0.15, 0.2) is 18.2 Å². The van der Waals surface area contributed by atoms with E-state index in [0.717, 1.165) is 16.7 Å². The van der Waals surface area contributed by atoms with Crippen LogP contribution in [0.1, 0.15) is 63.1 Å². The molecule has 0 bridgehead atoms. The Morgan fingerprint density at radius 1 is 1.11 bits per heavy atom. The summed E-state index contributed by atoms with van der Waals surface area (Å²) in [5.41, 5.74) is 2.40. The van der Waals surface area contributed by atoms with E-state index in [4.69, 9.17) is 9.47 Å². The number of carbonyl (C=O) groups is 3. The summed E-state index contributed by atoms with van der Waals surface area (Å²) in [5, 5.41) is 2.47. The van der Waals surface area contributed by atoms with Crippen LogP contribution >= 0.6 is 0 Å². The predicted octanol–water partition coefficient (Wildman–Crippen LogP) is 3.82. The number of hydrogen-bond acceptors (Lipinski definition) is 5. The van der Waals surface area contributed by atoms with E-state index in [-0.39, 0.29) is 37.1 Å². The van der Waals surface area contributed by atoms with Crippen LogP contribution in [0.4, 0.5) is 4.79 Å². The number of alkyl carbamates (subject to hydrolysis) is 1. The van der Waals surface area contributed by atoms with Gasteiger partial charge in [-0.2, -0.15) is 0 Å². The van der Waals surface area contributed by atoms with Crippen molar-refractivity contribution in [2.45, 2.75) is 65.9 Å². The van der Waals surface area contributed by atoms with Crippen molar-refractivity contribution in [2.24, 2.45) is 0 Å². The Bertz CT molecular complexity index is 676. The number of amides is 1. The predicted molar refractivity (Wildman–Crippen MR) is 104 cm³/mol. The fourth-order valence-corrected chi connectivity index (χ4v) is 2.74. The van der Waals surface area contributed by atoms with Gasteiger partial charge < -0.3 is 14.8 Å². The van der Waals surface area contributed by atoms with Gasteiger partial charge in [-0.15, -0.1) is 0 Å². The first kappa shape index (κ1) is 22.7. The molecule has 0 aliphatic rings. The van der Waals surface area contributed by atoms with Crippen molar-refractivity contribution in [3.05, 3.63) is 34.9 Å². The maximum absolute atomic E-state index is 12.4. The van der Waals surface area contributed by atoms with E-state index in [1.54, 1.807) is 27.7 Å². The normalized spacial score (nSPS) is 12.2. The minimum absolute atomic E-state index is 0.121. The number of benzene rings is 1. The lowest BCUT2D eigenvalue weighted by molar-refractivity contribution is -0.143. The highest BCUT2D eigenvalue weighted by molar-refractivity contribution is 5.85. The van der Waals surface area contributed by atoms with Gasteiger partial charge in [-0.05, 0) is 52.7 Å². The van der Waals surface area contributed by atoms with E-state index in [1.807, 2.05) is 32.0 Å². The van der Waals surface area contributed by atoms with Crippen LogP contribution < -0.4 is 5.32 Å². The van der Waals surface area contributed by atoms with Gasteiger partial charge in [-0.3, -0.25) is 9.59 Å². The molecule has 1 aromatic rings. The molecule has 27 heavy (non-hydrogen) atoms. The van der Waals surface area contributed by atoms with Gasteiger partial charge in [0, 0.05) is 12.3 Å². The third-order valence-electron chi connectivity index (χ3n) is 3.90. The highest BCUT2D eigenvalue weighted by atomic mass is 16.6. The van der Waals surface area contributed by atoms with Crippen molar-refractivity contribution in [2.75, 3.05) is 13.2 Å². The van der Waals surface area contributed by atoms with Crippen LogP contribution in [0.25, 0.3) is 0 Å². The third-order valence-corrected chi connectivity index (χ3v) is 3.90. The molecule has 0 heterocycles. The smallest absolute Gasteiger partial charge is 0.408 e. The minimum Gasteiger partial charge on any atom is -0.466 e. The average Bonchev–Trinajstić information content (AvgIpc) is 2.53. The van der Waals surface area contributed by atoms with Crippen molar-refractivity contribution in [1.29, 1.82) is 0 Å². The summed E-state index contributed by atoms with van der Waals surface area (Å²) in [6, 6.07) is 5.96. The Labute approximate surface area is 161 Å². The van der Waals surface area contributed by atoms with E-state index >= 15 is 0 Å². The van der Waals surface area contributed by atoms with E-state index in [0.29, 0.717) is 6.61 Å². The maximum atomic E-state index is 12.4. The van der Waals surface area contributed by atoms with E-state index in [1.165, 1.54) is 0 Å². The number of carbonyl (C=O) groups excluding carboxylic acids is 3. The summed E-state index contributed by atoms with van der Waals surface area (Å²) in [6.45, 7) is 11.1. The number of rotatable bonds is 8. The molecule has 6 heteroatoms. The molecule has 1 rings (SSSR count). The summed E-state index contributed by atoms with van der Waals surface area (Å²) in [7, 11) is 0. The van der Waals surface area contributed by atoms with Crippen LogP contribution in [0.5, 0.6) is 0 Å². The van der Waals surface area contributed by atoms with Crippen molar-refractivity contribution >= 4 is 17.8 Å². The highest BCUT2D eigenvalue weighted by Gasteiger charge is 2.23. The highest BCUT2D eigenvalue weighted by Crippen LogP contribution is 2.28. The number of ether oxygens (including phenoxy) is 2. The van der Waals surface area contributed by atoms with Gasteiger partial charge in [0.25, 0.3) is 0 Å². The summed E-state index contributed by atoms with van der Waals surface area (Å²) in [5.74, 6) is -0.802. The van der Waals surface area contributed by atoms with Crippen molar-refractivity contribution in [3.63, 3.8) is 0 Å². The van der Waals surface area contributed by atoms with Crippen LogP contribution in [-0.4, -0.2) is 36.6 Å². The second-order valence-electron chi connectivity index (χ2n) is 7.66. The lowest BCUT2D eigenvalue weighted by Crippen LogP contribution is -2.35. The largest absolute Gasteiger partial charge is 0.466 e. The van der Waals surface area contributed by atoms with Gasteiger partial charge in [0.05, 0.1) is 19.6 Å². The second-order valence-corrected chi connectivity index (χ2v) is 7.66. The Kier molecular flexibility index (Phi) is 8.47. The number of Topliss-reactive ketones (excluding diaryl/α,β-unsaturated/α-hetero) is 1. The van der Waals surface area contributed by atoms with Crippen LogP contribution in [0.3, 0.4) is 0 Å².